The van der Waals surface area contributed by atoms with Crippen molar-refractivity contribution < 1.29 is 9.13 Å². The van der Waals surface area contributed by atoms with Crippen molar-refractivity contribution in [1.29, 1.82) is 0 Å². The number of halogens is 3. The van der Waals surface area contributed by atoms with Gasteiger partial charge in [0.1, 0.15) is 21.7 Å². The summed E-state index contributed by atoms with van der Waals surface area (Å²) in [5.74, 6) is 0.0752. The second-order valence-corrected chi connectivity index (χ2v) is 5.67. The summed E-state index contributed by atoms with van der Waals surface area (Å²) in [7, 11) is 0. The maximum absolute atomic E-state index is 13.0. The van der Waals surface area contributed by atoms with E-state index >= 15 is 0 Å². The van der Waals surface area contributed by atoms with Gasteiger partial charge >= 0.3 is 0 Å². The van der Waals surface area contributed by atoms with E-state index in [1.165, 1.54) is 12.1 Å². The molecule has 0 fully saturated rings. The van der Waals surface area contributed by atoms with Crippen molar-refractivity contribution in [2.75, 3.05) is 6.61 Å². The van der Waals surface area contributed by atoms with Crippen LogP contribution in [0.15, 0.2) is 24.3 Å². The second-order valence-electron chi connectivity index (χ2n) is 4.95. The fraction of sp³-hybridized carbons (Fsp3) is 0.333. The average Bonchev–Trinajstić information content (AvgIpc) is 2.40. The summed E-state index contributed by atoms with van der Waals surface area (Å²) >= 11 is 12.5. The maximum Gasteiger partial charge on any atom is 0.163 e. The Hall–Kier alpha value is -1.23. The van der Waals surface area contributed by atoms with Crippen molar-refractivity contribution in [1.82, 2.24) is 9.97 Å². The van der Waals surface area contributed by atoms with Gasteiger partial charge < -0.3 is 4.74 Å². The summed E-state index contributed by atoms with van der Waals surface area (Å²) in [4.78, 5) is 8.55. The van der Waals surface area contributed by atoms with Crippen LogP contribution in [0, 0.1) is 5.82 Å². The van der Waals surface area contributed by atoms with Gasteiger partial charge in [0.05, 0.1) is 5.56 Å². The highest BCUT2D eigenvalue weighted by Crippen LogP contribution is 2.34. The molecule has 0 unspecified atom stereocenters. The number of nitrogens with zero attached hydrogens (tertiary/aromatic N) is 2. The second kappa shape index (κ2) is 6.26. The zero-order valence-electron chi connectivity index (χ0n) is 12.0. The van der Waals surface area contributed by atoms with Crippen molar-refractivity contribution in [3.05, 3.63) is 46.2 Å². The van der Waals surface area contributed by atoms with Crippen LogP contribution >= 0.6 is 23.2 Å². The predicted molar refractivity (Wildman–Crippen MR) is 82.1 cm³/mol. The third-order valence-electron chi connectivity index (χ3n) is 3.00. The molecule has 0 aliphatic carbocycles. The van der Waals surface area contributed by atoms with Gasteiger partial charge in [-0.15, -0.1) is 0 Å². The molecule has 112 valence electrons. The van der Waals surface area contributed by atoms with Gasteiger partial charge in [-0.25, -0.2) is 14.4 Å². The molecule has 1 aromatic carbocycles. The van der Waals surface area contributed by atoms with Crippen LogP contribution < -0.4 is 0 Å². The molecule has 0 spiro atoms. The van der Waals surface area contributed by atoms with Gasteiger partial charge in [0.2, 0.25) is 0 Å². The molecule has 2 rings (SSSR count). The summed E-state index contributed by atoms with van der Waals surface area (Å²) < 4.78 is 18.6. The van der Waals surface area contributed by atoms with Gasteiger partial charge in [0, 0.05) is 6.61 Å². The van der Waals surface area contributed by atoms with Crippen molar-refractivity contribution in [3.63, 3.8) is 0 Å². The minimum Gasteiger partial charge on any atom is -0.368 e. The lowest BCUT2D eigenvalue weighted by Crippen LogP contribution is -2.25. The number of hydrogen-bond donors (Lipinski definition) is 0. The van der Waals surface area contributed by atoms with Gasteiger partial charge in [-0.3, -0.25) is 0 Å². The molecule has 0 aliphatic rings. The van der Waals surface area contributed by atoms with E-state index in [1.807, 2.05) is 20.8 Å². The van der Waals surface area contributed by atoms with Gasteiger partial charge in [-0.1, -0.05) is 35.3 Å². The number of aromatic nitrogens is 2. The van der Waals surface area contributed by atoms with E-state index in [0.29, 0.717) is 23.6 Å². The first kappa shape index (κ1) is 16.1. The molecule has 0 saturated carbocycles. The molecule has 3 nitrogen and oxygen atoms in total. The van der Waals surface area contributed by atoms with E-state index in [1.54, 1.807) is 12.1 Å². The molecule has 0 amide bonds. The Morgan fingerprint density at radius 3 is 2.10 bits per heavy atom. The van der Waals surface area contributed by atoms with E-state index in [4.69, 9.17) is 27.9 Å². The van der Waals surface area contributed by atoms with Crippen LogP contribution in [0.5, 0.6) is 0 Å². The lowest BCUT2D eigenvalue weighted by Gasteiger charge is -2.23. The normalized spacial score (nSPS) is 11.7. The topological polar surface area (TPSA) is 35.0 Å². The lowest BCUT2D eigenvalue weighted by molar-refractivity contribution is -0.0207. The van der Waals surface area contributed by atoms with Crippen LogP contribution in [0.3, 0.4) is 0 Å². The van der Waals surface area contributed by atoms with Crippen molar-refractivity contribution in [2.45, 2.75) is 26.4 Å². The number of rotatable bonds is 4. The van der Waals surface area contributed by atoms with Gasteiger partial charge in [-0.2, -0.15) is 0 Å². The quantitative estimate of drug-likeness (QED) is 0.751. The molecule has 0 atom stereocenters. The Kier molecular flexibility index (Phi) is 4.81. The van der Waals surface area contributed by atoms with Crippen LogP contribution in [-0.2, 0) is 10.3 Å². The number of benzene rings is 1. The number of hydrogen-bond acceptors (Lipinski definition) is 3. The highest BCUT2D eigenvalue weighted by atomic mass is 35.5. The molecule has 2 aromatic rings. The molecule has 0 N–H and O–H groups in total. The summed E-state index contributed by atoms with van der Waals surface area (Å²) in [6.07, 6.45) is 0. The molecule has 6 heteroatoms. The Labute approximate surface area is 133 Å². The molecule has 0 aliphatic heterocycles. The Morgan fingerprint density at radius 2 is 1.62 bits per heavy atom. The average molecular weight is 329 g/mol. The Balaban J connectivity index is 2.49. The standard InChI is InChI=1S/C15H15Cl2FN2O/c1-4-21-15(2,3)14-19-12(16)11(13(17)20-14)9-5-7-10(18)8-6-9/h5-8H,4H2,1-3H3. The first-order valence-electron chi connectivity index (χ1n) is 6.48. The summed E-state index contributed by atoms with van der Waals surface area (Å²) in [6.45, 7) is 6.09. The van der Waals surface area contributed by atoms with Gasteiger partial charge in [-0.05, 0) is 38.5 Å². The third kappa shape index (κ3) is 3.51. The monoisotopic (exact) mass is 328 g/mol. The summed E-state index contributed by atoms with van der Waals surface area (Å²) in [5.41, 5.74) is 0.449. The van der Waals surface area contributed by atoms with E-state index < -0.39 is 5.60 Å². The lowest BCUT2D eigenvalue weighted by atomic mass is 10.1. The summed E-state index contributed by atoms with van der Waals surface area (Å²) in [6, 6.07) is 5.83. The van der Waals surface area contributed by atoms with Gasteiger partial charge in [0.25, 0.3) is 0 Å². The fourth-order valence-electron chi connectivity index (χ4n) is 1.96. The molecule has 0 bridgehead atoms. The predicted octanol–water partition coefficient (Wildman–Crippen LogP) is 4.86. The maximum atomic E-state index is 13.0. The number of ether oxygens (including phenoxy) is 1. The Bertz CT molecular complexity index is 622. The van der Waals surface area contributed by atoms with E-state index in [-0.39, 0.29) is 16.1 Å². The van der Waals surface area contributed by atoms with E-state index in [0.717, 1.165) is 0 Å². The van der Waals surface area contributed by atoms with Gasteiger partial charge in [0.15, 0.2) is 5.82 Å². The zero-order chi connectivity index (χ0) is 15.6. The zero-order valence-corrected chi connectivity index (χ0v) is 13.5. The van der Waals surface area contributed by atoms with Crippen molar-refractivity contribution >= 4 is 23.2 Å². The fourth-order valence-corrected chi connectivity index (χ4v) is 2.56. The SMILES string of the molecule is CCOC(C)(C)c1nc(Cl)c(-c2ccc(F)cc2)c(Cl)n1. The van der Waals surface area contributed by atoms with Crippen LogP contribution in [0.25, 0.3) is 11.1 Å². The minimum absolute atomic E-state index is 0.212. The summed E-state index contributed by atoms with van der Waals surface area (Å²) in [5, 5.41) is 0.425. The van der Waals surface area contributed by atoms with E-state index in [9.17, 15) is 4.39 Å². The molecule has 1 heterocycles. The van der Waals surface area contributed by atoms with Crippen molar-refractivity contribution in [3.8, 4) is 11.1 Å². The Morgan fingerprint density at radius 1 is 1.10 bits per heavy atom. The third-order valence-corrected chi connectivity index (χ3v) is 3.54. The molecular formula is C15H15Cl2FN2O. The molecular weight excluding hydrogens is 314 g/mol. The molecule has 0 radical (unpaired) electrons. The first-order valence-corrected chi connectivity index (χ1v) is 7.24. The van der Waals surface area contributed by atoms with E-state index in [2.05, 4.69) is 9.97 Å². The largest absolute Gasteiger partial charge is 0.368 e. The van der Waals surface area contributed by atoms with Crippen LogP contribution in [0.1, 0.15) is 26.6 Å². The molecule has 0 saturated heterocycles. The van der Waals surface area contributed by atoms with Crippen LogP contribution in [-0.4, -0.2) is 16.6 Å². The van der Waals surface area contributed by atoms with Crippen LogP contribution in [0.2, 0.25) is 10.3 Å². The minimum atomic E-state index is -0.691. The highest BCUT2D eigenvalue weighted by molar-refractivity contribution is 6.37. The molecule has 21 heavy (non-hydrogen) atoms. The van der Waals surface area contributed by atoms with Crippen molar-refractivity contribution in [2.24, 2.45) is 0 Å². The first-order chi connectivity index (χ1) is 9.85. The highest BCUT2D eigenvalue weighted by Gasteiger charge is 2.27. The molecule has 1 aromatic heterocycles. The smallest absolute Gasteiger partial charge is 0.163 e. The van der Waals surface area contributed by atoms with Crippen LogP contribution in [0.4, 0.5) is 4.39 Å².